The van der Waals surface area contributed by atoms with Crippen LogP contribution in [0.1, 0.15) is 33.3 Å². The lowest BCUT2D eigenvalue weighted by Crippen LogP contribution is -2.52. The minimum absolute atomic E-state index is 0.251. The number of esters is 1. The largest absolute Gasteiger partial charge is 0.458 e. The first kappa shape index (κ1) is 20.5. The second kappa shape index (κ2) is 9.69. The Bertz CT molecular complexity index is 529. The molecule has 0 aromatic heterocycles. The van der Waals surface area contributed by atoms with Crippen molar-refractivity contribution in [1.82, 2.24) is 10.6 Å². The van der Waals surface area contributed by atoms with Crippen molar-refractivity contribution in [3.63, 3.8) is 0 Å². The fourth-order valence-corrected chi connectivity index (χ4v) is 2.47. The molecule has 1 aromatic carbocycles. The summed E-state index contributed by atoms with van der Waals surface area (Å²) in [7, 11) is 0. The molecular formula is C18H28N2O3S. The number of hydrogen-bond acceptors (Lipinski definition) is 5. The summed E-state index contributed by atoms with van der Waals surface area (Å²) in [6.07, 6.45) is 0.382. The van der Waals surface area contributed by atoms with E-state index < -0.39 is 23.7 Å². The zero-order chi connectivity index (χ0) is 18.2. The molecule has 1 aromatic rings. The van der Waals surface area contributed by atoms with Crippen molar-refractivity contribution in [2.24, 2.45) is 0 Å². The predicted octanol–water partition coefficient (Wildman–Crippen LogP) is 1.96. The Labute approximate surface area is 150 Å². The fourth-order valence-electron chi connectivity index (χ4n) is 2.17. The fraction of sp³-hybridized carbons (Fsp3) is 0.556. The maximum Gasteiger partial charge on any atom is 0.329 e. The molecule has 0 unspecified atom stereocenters. The second-order valence-electron chi connectivity index (χ2n) is 6.58. The first-order valence-corrected chi connectivity index (χ1v) is 8.81. The lowest BCUT2D eigenvalue weighted by Gasteiger charge is -2.26. The average molecular weight is 353 g/mol. The van der Waals surface area contributed by atoms with Gasteiger partial charge in [-0.15, -0.1) is 0 Å². The van der Waals surface area contributed by atoms with Gasteiger partial charge in [0, 0.05) is 12.2 Å². The van der Waals surface area contributed by atoms with E-state index in [-0.39, 0.29) is 5.91 Å². The van der Waals surface area contributed by atoms with E-state index in [0.717, 1.165) is 5.56 Å². The summed E-state index contributed by atoms with van der Waals surface area (Å²) in [6.45, 7) is 7.98. The lowest BCUT2D eigenvalue weighted by atomic mass is 10.0. The van der Waals surface area contributed by atoms with Gasteiger partial charge < -0.3 is 15.4 Å². The summed E-state index contributed by atoms with van der Waals surface area (Å²) < 4.78 is 5.45. The molecule has 0 aliphatic heterocycles. The molecule has 1 amide bonds. The molecule has 5 nitrogen and oxygen atoms in total. The first-order valence-electron chi connectivity index (χ1n) is 8.18. The summed E-state index contributed by atoms with van der Waals surface area (Å²) in [5, 5.41) is 5.85. The summed E-state index contributed by atoms with van der Waals surface area (Å²) in [5.41, 5.74) is 0.348. The van der Waals surface area contributed by atoms with Gasteiger partial charge in [-0.1, -0.05) is 37.3 Å². The zero-order valence-electron chi connectivity index (χ0n) is 14.8. The van der Waals surface area contributed by atoms with Crippen molar-refractivity contribution in [2.75, 3.05) is 12.3 Å². The van der Waals surface area contributed by atoms with Crippen LogP contribution in [-0.2, 0) is 20.7 Å². The molecule has 0 saturated heterocycles. The highest BCUT2D eigenvalue weighted by atomic mass is 32.1. The van der Waals surface area contributed by atoms with Gasteiger partial charge in [0.15, 0.2) is 0 Å². The van der Waals surface area contributed by atoms with Crippen LogP contribution in [0.4, 0.5) is 0 Å². The van der Waals surface area contributed by atoms with E-state index >= 15 is 0 Å². The van der Waals surface area contributed by atoms with Crippen LogP contribution in [0.15, 0.2) is 30.3 Å². The van der Waals surface area contributed by atoms with Crippen molar-refractivity contribution < 1.29 is 14.3 Å². The van der Waals surface area contributed by atoms with Crippen molar-refractivity contribution in [3.8, 4) is 0 Å². The molecule has 0 aliphatic rings. The van der Waals surface area contributed by atoms with Gasteiger partial charge in [0.05, 0.1) is 6.04 Å². The monoisotopic (exact) mass is 352 g/mol. The first-order chi connectivity index (χ1) is 11.3. The molecule has 0 spiro atoms. The second-order valence-corrected chi connectivity index (χ2v) is 6.94. The van der Waals surface area contributed by atoms with Gasteiger partial charge in [0.25, 0.3) is 0 Å². The van der Waals surface area contributed by atoms with Crippen LogP contribution >= 0.6 is 12.6 Å². The molecule has 6 heteroatoms. The number of likely N-dealkylation sites (N-methyl/N-ethyl adjacent to an activating group) is 1. The molecule has 2 N–H and O–H groups in total. The van der Waals surface area contributed by atoms with Gasteiger partial charge in [-0.05, 0) is 32.9 Å². The molecule has 0 saturated carbocycles. The molecule has 0 heterocycles. The van der Waals surface area contributed by atoms with Gasteiger partial charge in [-0.2, -0.15) is 12.6 Å². The minimum Gasteiger partial charge on any atom is -0.458 e. The van der Waals surface area contributed by atoms with Gasteiger partial charge in [0.2, 0.25) is 5.91 Å². The van der Waals surface area contributed by atoms with Crippen molar-refractivity contribution in [1.29, 1.82) is 0 Å². The molecule has 134 valence electrons. The van der Waals surface area contributed by atoms with Gasteiger partial charge in [-0.25, -0.2) is 4.79 Å². The van der Waals surface area contributed by atoms with E-state index in [1.165, 1.54) is 0 Å². The van der Waals surface area contributed by atoms with Crippen LogP contribution in [0.2, 0.25) is 0 Å². The SMILES string of the molecule is CCN[C@@H](CS)C(=O)N[C@@H](Cc1ccccc1)C(=O)OC(C)(C)C. The Morgan fingerprint density at radius 2 is 1.79 bits per heavy atom. The topological polar surface area (TPSA) is 67.4 Å². The number of thiol groups is 1. The van der Waals surface area contributed by atoms with Gasteiger partial charge in [0.1, 0.15) is 11.6 Å². The quantitative estimate of drug-likeness (QED) is 0.494. The molecule has 2 atom stereocenters. The summed E-state index contributed by atoms with van der Waals surface area (Å²) in [5.74, 6) is -0.334. The summed E-state index contributed by atoms with van der Waals surface area (Å²) in [6, 6.07) is 8.37. The number of rotatable bonds is 8. The van der Waals surface area contributed by atoms with Crippen molar-refractivity contribution in [2.45, 2.75) is 51.8 Å². The van der Waals surface area contributed by atoms with E-state index in [2.05, 4.69) is 23.3 Å². The highest BCUT2D eigenvalue weighted by molar-refractivity contribution is 7.80. The standard InChI is InChI=1S/C18H28N2O3S/c1-5-19-15(12-24)16(21)20-14(17(22)23-18(2,3)4)11-13-9-7-6-8-10-13/h6-10,14-15,19,24H,5,11-12H2,1-4H3,(H,20,21)/t14-,15-/m0/s1. The highest BCUT2D eigenvalue weighted by Gasteiger charge is 2.28. The molecule has 0 fully saturated rings. The zero-order valence-corrected chi connectivity index (χ0v) is 15.7. The Balaban J connectivity index is 2.87. The number of ether oxygens (including phenoxy) is 1. The normalized spacial score (nSPS) is 13.9. The third-order valence-corrected chi connectivity index (χ3v) is 3.61. The summed E-state index contributed by atoms with van der Waals surface area (Å²) in [4.78, 5) is 24.9. The molecule has 0 bridgehead atoms. The Morgan fingerprint density at radius 1 is 1.17 bits per heavy atom. The maximum absolute atomic E-state index is 12.5. The van der Waals surface area contributed by atoms with E-state index in [0.29, 0.717) is 18.7 Å². The van der Waals surface area contributed by atoms with Crippen LogP contribution < -0.4 is 10.6 Å². The Hall–Kier alpha value is -1.53. The number of nitrogens with one attached hydrogen (secondary N) is 2. The Kier molecular flexibility index (Phi) is 8.28. The molecule has 24 heavy (non-hydrogen) atoms. The Morgan fingerprint density at radius 3 is 2.29 bits per heavy atom. The lowest BCUT2D eigenvalue weighted by molar-refractivity contribution is -0.158. The smallest absolute Gasteiger partial charge is 0.329 e. The third kappa shape index (κ3) is 7.36. The van der Waals surface area contributed by atoms with E-state index in [1.807, 2.05) is 58.0 Å². The molecule has 1 rings (SSSR count). The number of benzene rings is 1. The highest BCUT2D eigenvalue weighted by Crippen LogP contribution is 2.12. The van der Waals surface area contributed by atoms with Crippen LogP contribution in [0, 0.1) is 0 Å². The number of hydrogen-bond donors (Lipinski definition) is 3. The maximum atomic E-state index is 12.5. The van der Waals surface area contributed by atoms with Crippen LogP contribution in [0.25, 0.3) is 0 Å². The third-order valence-electron chi connectivity index (χ3n) is 3.24. The molecule has 0 aliphatic carbocycles. The number of amides is 1. The molecular weight excluding hydrogens is 324 g/mol. The van der Waals surface area contributed by atoms with Crippen molar-refractivity contribution in [3.05, 3.63) is 35.9 Å². The predicted molar refractivity (Wildman–Crippen MR) is 99.2 cm³/mol. The molecule has 0 radical (unpaired) electrons. The minimum atomic E-state index is -0.736. The van der Waals surface area contributed by atoms with Crippen LogP contribution in [-0.4, -0.2) is 41.9 Å². The average Bonchev–Trinajstić information content (AvgIpc) is 2.51. The van der Waals surface area contributed by atoms with Crippen LogP contribution in [0.5, 0.6) is 0 Å². The number of carbonyl (C=O) groups excluding carboxylic acids is 2. The van der Waals surface area contributed by atoms with E-state index in [9.17, 15) is 9.59 Å². The van der Waals surface area contributed by atoms with Crippen LogP contribution in [0.3, 0.4) is 0 Å². The number of carbonyl (C=O) groups is 2. The summed E-state index contributed by atoms with van der Waals surface area (Å²) >= 11 is 4.19. The van der Waals surface area contributed by atoms with E-state index in [1.54, 1.807) is 0 Å². The van der Waals surface area contributed by atoms with Crippen molar-refractivity contribution >= 4 is 24.5 Å². The van der Waals surface area contributed by atoms with Gasteiger partial charge in [-0.3, -0.25) is 4.79 Å². The van der Waals surface area contributed by atoms with Gasteiger partial charge >= 0.3 is 5.97 Å². The van der Waals surface area contributed by atoms with E-state index in [4.69, 9.17) is 4.74 Å².